The number of carboxylic acid groups (broad SMARTS) is 1. The summed E-state index contributed by atoms with van der Waals surface area (Å²) in [4.78, 5) is 20.9. The fourth-order valence-electron chi connectivity index (χ4n) is 3.95. The maximum Gasteiger partial charge on any atom is 0.305 e. The predicted molar refractivity (Wildman–Crippen MR) is 117 cm³/mol. The molecule has 1 aliphatic heterocycles. The van der Waals surface area contributed by atoms with Crippen LogP contribution >= 0.6 is 11.3 Å². The number of anilines is 1. The molecular formula is C22H27N5O2S. The Morgan fingerprint density at radius 3 is 2.87 bits per heavy atom. The van der Waals surface area contributed by atoms with Gasteiger partial charge in [-0.3, -0.25) is 9.48 Å². The van der Waals surface area contributed by atoms with E-state index in [1.807, 2.05) is 25.3 Å². The molecule has 0 unspecified atom stereocenters. The maximum atomic E-state index is 11.4. The number of carboxylic acids is 1. The minimum Gasteiger partial charge on any atom is -0.481 e. The zero-order valence-corrected chi connectivity index (χ0v) is 18.2. The van der Waals surface area contributed by atoms with Gasteiger partial charge in [-0.2, -0.15) is 5.10 Å². The number of fused-ring (bicyclic) bond motifs is 1. The molecule has 0 amide bonds. The van der Waals surface area contributed by atoms with Crippen LogP contribution < -0.4 is 5.32 Å². The molecule has 4 rings (SSSR count). The fraction of sp³-hybridized carbons (Fsp3) is 0.455. The molecular weight excluding hydrogens is 398 g/mol. The van der Waals surface area contributed by atoms with E-state index < -0.39 is 5.97 Å². The van der Waals surface area contributed by atoms with E-state index in [1.54, 1.807) is 4.68 Å². The number of aryl methyl sites for hydroxylation is 5. The van der Waals surface area contributed by atoms with E-state index in [9.17, 15) is 9.90 Å². The topological polar surface area (TPSA) is 92.9 Å². The van der Waals surface area contributed by atoms with Gasteiger partial charge in [0.15, 0.2) is 0 Å². The van der Waals surface area contributed by atoms with E-state index in [0.717, 1.165) is 65.8 Å². The van der Waals surface area contributed by atoms with Crippen molar-refractivity contribution in [1.82, 2.24) is 19.7 Å². The number of pyridine rings is 1. The highest BCUT2D eigenvalue weighted by molar-refractivity contribution is 7.09. The average Bonchev–Trinajstić information content (AvgIpc) is 3.32. The quantitative estimate of drug-likeness (QED) is 0.568. The Labute approximate surface area is 180 Å². The summed E-state index contributed by atoms with van der Waals surface area (Å²) in [6, 6.07) is 5.91. The van der Waals surface area contributed by atoms with Crippen molar-refractivity contribution >= 4 is 23.1 Å². The number of thiazole rings is 1. The monoisotopic (exact) mass is 425 g/mol. The SMILES string of the molecule is Cc1cc(C)n([C@H](CC(=O)O)c2nc(CCCc3ccc4c(n3)NCCC4)cs2)n1. The van der Waals surface area contributed by atoms with E-state index in [1.165, 1.54) is 23.3 Å². The van der Waals surface area contributed by atoms with Crippen LogP contribution in [0.3, 0.4) is 0 Å². The van der Waals surface area contributed by atoms with Crippen molar-refractivity contribution in [2.24, 2.45) is 0 Å². The van der Waals surface area contributed by atoms with Crippen molar-refractivity contribution in [2.45, 2.75) is 58.4 Å². The molecule has 0 spiro atoms. The van der Waals surface area contributed by atoms with Gasteiger partial charge in [-0.05, 0) is 63.6 Å². The van der Waals surface area contributed by atoms with Crippen LogP contribution in [0.4, 0.5) is 5.82 Å². The molecule has 8 heteroatoms. The lowest BCUT2D eigenvalue weighted by Gasteiger charge is -2.17. The third-order valence-electron chi connectivity index (χ3n) is 5.38. The number of hydrogen-bond donors (Lipinski definition) is 2. The van der Waals surface area contributed by atoms with Crippen molar-refractivity contribution in [2.75, 3.05) is 11.9 Å². The third-order valence-corrected chi connectivity index (χ3v) is 6.37. The van der Waals surface area contributed by atoms with Gasteiger partial charge in [0.05, 0.1) is 17.8 Å². The van der Waals surface area contributed by atoms with Crippen molar-refractivity contribution in [1.29, 1.82) is 0 Å². The standard InChI is InChI=1S/C22H27N5O2S/c1-14-11-15(2)27(26-14)19(12-20(28)29)22-25-18(13-30-22)7-3-6-17-9-8-16-5-4-10-23-21(16)24-17/h8-9,11,13,19H,3-7,10,12H2,1-2H3,(H,23,24)(H,28,29)/t19-/m1/s1. The molecule has 0 saturated carbocycles. The number of carbonyl (C=O) groups is 1. The van der Waals surface area contributed by atoms with E-state index >= 15 is 0 Å². The molecule has 3 aromatic heterocycles. The Morgan fingerprint density at radius 1 is 1.27 bits per heavy atom. The molecule has 0 fully saturated rings. The Morgan fingerprint density at radius 2 is 2.10 bits per heavy atom. The summed E-state index contributed by atoms with van der Waals surface area (Å²) in [6.45, 7) is 4.86. The van der Waals surface area contributed by atoms with Gasteiger partial charge in [-0.15, -0.1) is 11.3 Å². The highest BCUT2D eigenvalue weighted by Crippen LogP contribution is 2.27. The second-order valence-corrected chi connectivity index (χ2v) is 8.75. The Hall–Kier alpha value is -2.74. The minimum absolute atomic E-state index is 0.0268. The van der Waals surface area contributed by atoms with Crippen molar-refractivity contribution in [3.05, 3.63) is 56.9 Å². The second kappa shape index (κ2) is 8.95. The van der Waals surface area contributed by atoms with E-state index in [-0.39, 0.29) is 12.5 Å². The first kappa shape index (κ1) is 20.5. The van der Waals surface area contributed by atoms with Crippen LogP contribution in [0.2, 0.25) is 0 Å². The number of aromatic nitrogens is 4. The first-order valence-electron chi connectivity index (χ1n) is 10.4. The van der Waals surface area contributed by atoms with Gasteiger partial charge in [0, 0.05) is 23.3 Å². The number of nitrogens with zero attached hydrogens (tertiary/aromatic N) is 4. The van der Waals surface area contributed by atoms with Crippen LogP contribution in [-0.4, -0.2) is 37.4 Å². The van der Waals surface area contributed by atoms with Crippen molar-refractivity contribution in [3.8, 4) is 0 Å². The van der Waals surface area contributed by atoms with Gasteiger partial charge in [-0.25, -0.2) is 9.97 Å². The van der Waals surface area contributed by atoms with Crippen LogP contribution in [0.1, 0.15) is 58.7 Å². The summed E-state index contributed by atoms with van der Waals surface area (Å²) < 4.78 is 1.79. The molecule has 0 radical (unpaired) electrons. The number of nitrogens with one attached hydrogen (secondary N) is 1. The number of rotatable bonds is 8. The molecule has 3 aromatic rings. The highest BCUT2D eigenvalue weighted by Gasteiger charge is 2.23. The smallest absolute Gasteiger partial charge is 0.305 e. The van der Waals surface area contributed by atoms with Gasteiger partial charge in [0.2, 0.25) is 0 Å². The number of hydrogen-bond acceptors (Lipinski definition) is 6. The Balaban J connectivity index is 1.41. The normalized spacial score (nSPS) is 14.2. The lowest BCUT2D eigenvalue weighted by atomic mass is 10.1. The van der Waals surface area contributed by atoms with Gasteiger partial charge >= 0.3 is 5.97 Å². The lowest BCUT2D eigenvalue weighted by Crippen LogP contribution is -2.17. The summed E-state index contributed by atoms with van der Waals surface area (Å²) in [5, 5.41) is 20.1. The van der Waals surface area contributed by atoms with Crippen LogP contribution in [0, 0.1) is 13.8 Å². The van der Waals surface area contributed by atoms with Gasteiger partial charge in [-0.1, -0.05) is 6.07 Å². The van der Waals surface area contributed by atoms with Crippen LogP contribution in [-0.2, 0) is 24.1 Å². The highest BCUT2D eigenvalue weighted by atomic mass is 32.1. The van der Waals surface area contributed by atoms with Crippen LogP contribution in [0.25, 0.3) is 0 Å². The largest absolute Gasteiger partial charge is 0.481 e. The fourth-order valence-corrected chi connectivity index (χ4v) is 4.89. The first-order valence-corrected chi connectivity index (χ1v) is 11.3. The van der Waals surface area contributed by atoms with Gasteiger partial charge < -0.3 is 10.4 Å². The number of aliphatic carboxylic acids is 1. The summed E-state index contributed by atoms with van der Waals surface area (Å²) in [5.41, 5.74) is 5.24. The molecule has 30 heavy (non-hydrogen) atoms. The molecule has 0 aromatic carbocycles. The third kappa shape index (κ3) is 4.70. The Bertz CT molecular complexity index is 1040. The molecule has 0 aliphatic carbocycles. The van der Waals surface area contributed by atoms with E-state index in [2.05, 4.69) is 22.5 Å². The summed E-state index contributed by atoms with van der Waals surface area (Å²) in [7, 11) is 0. The van der Waals surface area contributed by atoms with Gasteiger partial charge in [0.1, 0.15) is 16.9 Å². The zero-order valence-electron chi connectivity index (χ0n) is 17.4. The molecule has 0 bridgehead atoms. The maximum absolute atomic E-state index is 11.4. The van der Waals surface area contributed by atoms with Crippen LogP contribution in [0.15, 0.2) is 23.6 Å². The molecule has 2 N–H and O–H groups in total. The summed E-state index contributed by atoms with van der Waals surface area (Å²) in [6.07, 6.45) is 4.95. The van der Waals surface area contributed by atoms with Crippen molar-refractivity contribution < 1.29 is 9.90 Å². The summed E-state index contributed by atoms with van der Waals surface area (Å²) >= 11 is 1.52. The Kier molecular flexibility index (Phi) is 6.13. The van der Waals surface area contributed by atoms with Gasteiger partial charge in [0.25, 0.3) is 0 Å². The van der Waals surface area contributed by atoms with Crippen molar-refractivity contribution in [3.63, 3.8) is 0 Å². The molecule has 1 aliphatic rings. The molecule has 158 valence electrons. The molecule has 0 saturated heterocycles. The minimum atomic E-state index is -0.851. The average molecular weight is 426 g/mol. The first-order chi connectivity index (χ1) is 14.5. The molecule has 4 heterocycles. The summed E-state index contributed by atoms with van der Waals surface area (Å²) in [5.74, 6) is 0.187. The zero-order chi connectivity index (χ0) is 21.1. The second-order valence-electron chi connectivity index (χ2n) is 7.86. The molecule has 7 nitrogen and oxygen atoms in total. The molecule has 1 atom stereocenters. The van der Waals surface area contributed by atoms with Crippen LogP contribution in [0.5, 0.6) is 0 Å². The predicted octanol–water partition coefficient (Wildman–Crippen LogP) is 3.95. The van der Waals surface area contributed by atoms with E-state index in [4.69, 9.17) is 9.97 Å². The lowest BCUT2D eigenvalue weighted by molar-refractivity contribution is -0.137. The van der Waals surface area contributed by atoms with E-state index in [0.29, 0.717) is 0 Å².